The molecule has 0 amide bonds. The van der Waals surface area contributed by atoms with E-state index in [0.29, 0.717) is 0 Å². The quantitative estimate of drug-likeness (QED) is 0.589. The van der Waals surface area contributed by atoms with Crippen LogP contribution < -0.4 is 0 Å². The second-order valence-corrected chi connectivity index (χ2v) is 4.25. The van der Waals surface area contributed by atoms with E-state index >= 15 is 0 Å². The number of hydrogen-bond acceptors (Lipinski definition) is 1. The molecule has 88 valence electrons. The van der Waals surface area contributed by atoms with E-state index in [9.17, 15) is 0 Å². The minimum atomic E-state index is 0.918. The number of allylic oxidation sites excluding steroid dienone is 1. The summed E-state index contributed by atoms with van der Waals surface area (Å²) in [6, 6.07) is 12.3. The molecule has 0 fully saturated rings. The van der Waals surface area contributed by atoms with E-state index in [0.717, 1.165) is 33.1 Å². The van der Waals surface area contributed by atoms with Crippen molar-refractivity contribution in [3.8, 4) is 0 Å². The maximum Gasteiger partial charge on any atom is 0.143 e. The summed E-state index contributed by atoms with van der Waals surface area (Å²) < 4.78 is 5.96. The lowest BCUT2D eigenvalue weighted by molar-refractivity contribution is 0.668. The molecule has 1 heterocycles. The minimum absolute atomic E-state index is 0.918. The highest BCUT2D eigenvalue weighted by atomic mass is 16.3. The highest BCUT2D eigenvalue weighted by Crippen LogP contribution is 2.33. The third-order valence-electron chi connectivity index (χ3n) is 3.17. The van der Waals surface area contributed by atoms with Gasteiger partial charge in [-0.1, -0.05) is 49.1 Å². The van der Waals surface area contributed by atoms with Crippen LogP contribution in [0.1, 0.15) is 18.1 Å². The Morgan fingerprint density at radius 3 is 2.67 bits per heavy atom. The zero-order valence-corrected chi connectivity index (χ0v) is 10.3. The summed E-state index contributed by atoms with van der Waals surface area (Å²) in [5.74, 6) is 0. The lowest BCUT2D eigenvalue weighted by Gasteiger charge is -2.01. The molecule has 0 saturated carbocycles. The molecule has 1 nitrogen and oxygen atoms in total. The van der Waals surface area contributed by atoms with Crippen molar-refractivity contribution in [2.75, 3.05) is 0 Å². The molecule has 0 spiro atoms. The van der Waals surface area contributed by atoms with Crippen molar-refractivity contribution >= 4 is 34.1 Å². The van der Waals surface area contributed by atoms with Crippen LogP contribution in [0.4, 0.5) is 0 Å². The fourth-order valence-corrected chi connectivity index (χ4v) is 2.36. The predicted octanol–water partition coefficient (Wildman–Crippen LogP) is 5.26. The van der Waals surface area contributed by atoms with Crippen LogP contribution >= 0.6 is 0 Å². The summed E-state index contributed by atoms with van der Waals surface area (Å²) in [5, 5.41) is 2.30. The summed E-state index contributed by atoms with van der Waals surface area (Å²) in [4.78, 5) is 0. The van der Waals surface area contributed by atoms with Crippen molar-refractivity contribution in [1.82, 2.24) is 0 Å². The van der Waals surface area contributed by atoms with Crippen LogP contribution in [-0.2, 0) is 0 Å². The number of benzene rings is 2. The molecule has 0 aliphatic rings. The van der Waals surface area contributed by atoms with Crippen LogP contribution in [0.25, 0.3) is 34.1 Å². The summed E-state index contributed by atoms with van der Waals surface area (Å²) in [7, 11) is 0. The highest BCUT2D eigenvalue weighted by Gasteiger charge is 2.10. The fraction of sp³-hybridized carbons (Fsp3) is 0.0588. The van der Waals surface area contributed by atoms with Gasteiger partial charge in [-0.2, -0.15) is 0 Å². The van der Waals surface area contributed by atoms with Crippen molar-refractivity contribution in [3.05, 3.63) is 60.2 Å². The van der Waals surface area contributed by atoms with Crippen molar-refractivity contribution < 1.29 is 4.42 Å². The van der Waals surface area contributed by atoms with Gasteiger partial charge >= 0.3 is 0 Å². The van der Waals surface area contributed by atoms with Crippen LogP contribution in [0.3, 0.4) is 0 Å². The van der Waals surface area contributed by atoms with E-state index in [1.54, 1.807) is 0 Å². The third kappa shape index (κ3) is 1.48. The summed E-state index contributed by atoms with van der Waals surface area (Å²) >= 11 is 0. The van der Waals surface area contributed by atoms with Crippen LogP contribution in [-0.4, -0.2) is 0 Å². The lowest BCUT2D eigenvalue weighted by Crippen LogP contribution is -1.80. The van der Waals surface area contributed by atoms with Gasteiger partial charge in [-0.25, -0.2) is 0 Å². The third-order valence-corrected chi connectivity index (χ3v) is 3.17. The molecule has 3 rings (SSSR count). The van der Waals surface area contributed by atoms with Crippen molar-refractivity contribution in [1.29, 1.82) is 0 Å². The predicted molar refractivity (Wildman–Crippen MR) is 78.5 cm³/mol. The molecule has 1 aromatic heterocycles. The SMILES string of the molecule is C=Cc1c(/C=C\C)ccc2c1oc1ccccc12. The first-order chi connectivity index (χ1) is 8.85. The van der Waals surface area contributed by atoms with Gasteiger partial charge in [0.05, 0.1) is 0 Å². The zero-order chi connectivity index (χ0) is 12.5. The molecule has 3 aromatic rings. The van der Waals surface area contributed by atoms with Gasteiger partial charge < -0.3 is 4.42 Å². The van der Waals surface area contributed by atoms with Gasteiger partial charge in [-0.3, -0.25) is 0 Å². The standard InChI is InChI=1S/C17H14O/c1-3-7-12-10-11-15-14-8-5-6-9-16(14)18-17(15)13(12)4-2/h3-11H,2H2,1H3/b7-3-. The Bertz CT molecular complexity index is 760. The Morgan fingerprint density at radius 1 is 1.06 bits per heavy atom. The Labute approximate surface area is 106 Å². The van der Waals surface area contributed by atoms with Crippen LogP contribution in [0.15, 0.2) is 53.5 Å². The Morgan fingerprint density at radius 2 is 1.89 bits per heavy atom. The largest absolute Gasteiger partial charge is 0.455 e. The first-order valence-corrected chi connectivity index (χ1v) is 6.04. The molecular weight excluding hydrogens is 220 g/mol. The monoisotopic (exact) mass is 234 g/mol. The number of hydrogen-bond donors (Lipinski definition) is 0. The van der Waals surface area contributed by atoms with Gasteiger partial charge in [0.1, 0.15) is 11.2 Å². The summed E-state index contributed by atoms with van der Waals surface area (Å²) in [5.41, 5.74) is 4.04. The molecule has 0 aliphatic heterocycles. The second-order valence-electron chi connectivity index (χ2n) is 4.25. The summed E-state index contributed by atoms with van der Waals surface area (Å²) in [6.07, 6.45) is 5.96. The van der Waals surface area contributed by atoms with Crippen LogP contribution in [0.5, 0.6) is 0 Å². The molecule has 0 N–H and O–H groups in total. The molecule has 0 bridgehead atoms. The van der Waals surface area contributed by atoms with Crippen LogP contribution in [0.2, 0.25) is 0 Å². The van der Waals surface area contributed by atoms with Crippen molar-refractivity contribution in [2.24, 2.45) is 0 Å². The average Bonchev–Trinajstić information content (AvgIpc) is 2.77. The molecule has 2 aromatic carbocycles. The van der Waals surface area contributed by atoms with Gasteiger partial charge in [-0.05, 0) is 24.6 Å². The molecule has 1 heteroatoms. The fourth-order valence-electron chi connectivity index (χ4n) is 2.36. The maximum atomic E-state index is 5.96. The first-order valence-electron chi connectivity index (χ1n) is 6.04. The molecule has 18 heavy (non-hydrogen) atoms. The number of furan rings is 1. The number of fused-ring (bicyclic) bond motifs is 3. The molecule has 0 radical (unpaired) electrons. The van der Waals surface area contributed by atoms with E-state index in [2.05, 4.69) is 30.9 Å². The second kappa shape index (κ2) is 4.19. The van der Waals surface area contributed by atoms with E-state index in [1.807, 2.05) is 37.3 Å². The van der Waals surface area contributed by atoms with Gasteiger partial charge in [-0.15, -0.1) is 0 Å². The normalized spacial score (nSPS) is 11.6. The number of rotatable bonds is 2. The van der Waals surface area contributed by atoms with Gasteiger partial charge in [0.15, 0.2) is 0 Å². The average molecular weight is 234 g/mol. The first kappa shape index (κ1) is 10.8. The topological polar surface area (TPSA) is 13.1 Å². The van der Waals surface area contributed by atoms with E-state index in [4.69, 9.17) is 4.42 Å². The van der Waals surface area contributed by atoms with Crippen LogP contribution in [0, 0.1) is 0 Å². The molecule has 0 aliphatic carbocycles. The Kier molecular flexibility index (Phi) is 2.52. The van der Waals surface area contributed by atoms with Crippen molar-refractivity contribution in [2.45, 2.75) is 6.92 Å². The molecule has 0 atom stereocenters. The molecule has 0 saturated heterocycles. The number of para-hydroxylation sites is 1. The van der Waals surface area contributed by atoms with E-state index < -0.39 is 0 Å². The van der Waals surface area contributed by atoms with Gasteiger partial charge in [0.25, 0.3) is 0 Å². The Hall–Kier alpha value is -2.28. The van der Waals surface area contributed by atoms with E-state index in [1.165, 1.54) is 0 Å². The lowest BCUT2D eigenvalue weighted by atomic mass is 10.0. The zero-order valence-electron chi connectivity index (χ0n) is 10.3. The summed E-state index contributed by atoms with van der Waals surface area (Å²) in [6.45, 7) is 5.91. The smallest absolute Gasteiger partial charge is 0.143 e. The maximum absolute atomic E-state index is 5.96. The molecular formula is C17H14O. The molecule has 0 unspecified atom stereocenters. The highest BCUT2D eigenvalue weighted by molar-refractivity contribution is 6.08. The van der Waals surface area contributed by atoms with E-state index in [-0.39, 0.29) is 0 Å². The Balaban J connectivity index is 2.47. The van der Waals surface area contributed by atoms with Gasteiger partial charge in [0.2, 0.25) is 0 Å². The minimum Gasteiger partial charge on any atom is -0.455 e. The van der Waals surface area contributed by atoms with Crippen molar-refractivity contribution in [3.63, 3.8) is 0 Å². The van der Waals surface area contributed by atoms with Gasteiger partial charge in [0, 0.05) is 16.3 Å².